The summed E-state index contributed by atoms with van der Waals surface area (Å²) in [5, 5.41) is 0. The zero-order chi connectivity index (χ0) is 16.3. The van der Waals surface area contributed by atoms with Crippen LogP contribution in [0.2, 0.25) is 0 Å². The van der Waals surface area contributed by atoms with Crippen LogP contribution >= 0.6 is 15.9 Å². The maximum absolute atomic E-state index is 12.6. The van der Waals surface area contributed by atoms with Crippen molar-refractivity contribution in [1.82, 2.24) is 0 Å². The molecule has 0 amide bonds. The first-order valence-electron chi connectivity index (χ1n) is 7.18. The van der Waals surface area contributed by atoms with Crippen LogP contribution in [0, 0.1) is 0 Å². The molecule has 0 radical (unpaired) electrons. The molecular weight excluding hydrogens is 372 g/mol. The Kier molecular flexibility index (Phi) is 4.64. The SMILES string of the molecule is O=S(=O)(c1ccccc1)c1ccc(C(Br)c2ccccc2)cc1. The highest BCUT2D eigenvalue weighted by atomic mass is 79.9. The molecular formula is C19H15BrO2S. The fourth-order valence-electron chi connectivity index (χ4n) is 2.37. The van der Waals surface area contributed by atoms with Gasteiger partial charge in [0, 0.05) is 0 Å². The number of sulfone groups is 1. The second kappa shape index (κ2) is 6.69. The second-order valence-electron chi connectivity index (χ2n) is 5.16. The van der Waals surface area contributed by atoms with Gasteiger partial charge in [0.1, 0.15) is 0 Å². The highest BCUT2D eigenvalue weighted by molar-refractivity contribution is 9.09. The molecule has 3 aromatic rings. The standard InChI is InChI=1S/C19H15BrO2S/c20-19(15-7-3-1-4-8-15)16-11-13-18(14-12-16)23(21,22)17-9-5-2-6-10-17/h1-14,19H. The molecule has 0 N–H and O–H groups in total. The van der Waals surface area contributed by atoms with E-state index in [1.165, 1.54) is 0 Å². The molecule has 0 aliphatic rings. The maximum Gasteiger partial charge on any atom is 0.206 e. The van der Waals surface area contributed by atoms with E-state index in [1.807, 2.05) is 42.5 Å². The molecule has 1 atom stereocenters. The molecule has 0 heterocycles. The summed E-state index contributed by atoms with van der Waals surface area (Å²) in [6.45, 7) is 0. The van der Waals surface area contributed by atoms with Crippen LogP contribution in [0.1, 0.15) is 16.0 Å². The average molecular weight is 387 g/mol. The second-order valence-corrected chi connectivity index (χ2v) is 8.02. The van der Waals surface area contributed by atoms with Gasteiger partial charge in [-0.3, -0.25) is 0 Å². The summed E-state index contributed by atoms with van der Waals surface area (Å²) in [5.74, 6) is 0. The molecule has 1 unspecified atom stereocenters. The van der Waals surface area contributed by atoms with Crippen molar-refractivity contribution in [3.05, 3.63) is 96.1 Å². The van der Waals surface area contributed by atoms with Crippen molar-refractivity contribution in [2.24, 2.45) is 0 Å². The molecule has 2 nitrogen and oxygen atoms in total. The van der Waals surface area contributed by atoms with Crippen LogP contribution in [0.25, 0.3) is 0 Å². The average Bonchev–Trinajstić information content (AvgIpc) is 2.63. The Morgan fingerprint density at radius 1 is 0.609 bits per heavy atom. The number of halogens is 1. The van der Waals surface area contributed by atoms with E-state index in [0.717, 1.165) is 11.1 Å². The Morgan fingerprint density at radius 3 is 1.61 bits per heavy atom. The first-order chi connectivity index (χ1) is 11.1. The van der Waals surface area contributed by atoms with Crippen molar-refractivity contribution in [2.45, 2.75) is 14.6 Å². The summed E-state index contributed by atoms with van der Waals surface area (Å²) in [5.41, 5.74) is 2.15. The zero-order valence-corrected chi connectivity index (χ0v) is 14.7. The molecule has 0 spiro atoms. The van der Waals surface area contributed by atoms with Gasteiger partial charge in [0.05, 0.1) is 14.6 Å². The molecule has 0 saturated carbocycles. The van der Waals surface area contributed by atoms with Gasteiger partial charge >= 0.3 is 0 Å². The summed E-state index contributed by atoms with van der Waals surface area (Å²) in [7, 11) is -3.46. The van der Waals surface area contributed by atoms with Gasteiger partial charge in [-0.2, -0.15) is 0 Å². The predicted molar refractivity (Wildman–Crippen MR) is 95.5 cm³/mol. The number of rotatable bonds is 4. The third kappa shape index (κ3) is 3.38. The highest BCUT2D eigenvalue weighted by Crippen LogP contribution is 2.31. The first-order valence-corrected chi connectivity index (χ1v) is 9.58. The summed E-state index contributed by atoms with van der Waals surface area (Å²) >= 11 is 3.66. The highest BCUT2D eigenvalue weighted by Gasteiger charge is 2.18. The van der Waals surface area contributed by atoms with E-state index >= 15 is 0 Å². The van der Waals surface area contributed by atoms with E-state index < -0.39 is 9.84 Å². The van der Waals surface area contributed by atoms with Gasteiger partial charge in [-0.1, -0.05) is 76.6 Å². The van der Waals surface area contributed by atoms with Crippen molar-refractivity contribution in [3.63, 3.8) is 0 Å². The molecule has 0 saturated heterocycles. The fourth-order valence-corrected chi connectivity index (χ4v) is 4.26. The molecule has 0 aliphatic carbocycles. The third-order valence-corrected chi connectivity index (χ3v) is 6.47. The van der Waals surface area contributed by atoms with Crippen LogP contribution in [0.15, 0.2) is 94.7 Å². The van der Waals surface area contributed by atoms with Crippen LogP contribution < -0.4 is 0 Å². The van der Waals surface area contributed by atoms with Gasteiger partial charge in [-0.15, -0.1) is 0 Å². The Labute approximate surface area is 144 Å². The van der Waals surface area contributed by atoms with Crippen molar-refractivity contribution in [1.29, 1.82) is 0 Å². The Balaban J connectivity index is 1.91. The van der Waals surface area contributed by atoms with Gasteiger partial charge in [0.2, 0.25) is 9.84 Å². The van der Waals surface area contributed by atoms with Crippen LogP contribution in [0.3, 0.4) is 0 Å². The Bertz CT molecular complexity index is 874. The molecule has 0 aliphatic heterocycles. The van der Waals surface area contributed by atoms with Crippen LogP contribution in [0.4, 0.5) is 0 Å². The van der Waals surface area contributed by atoms with Crippen LogP contribution in [-0.2, 0) is 9.84 Å². The van der Waals surface area contributed by atoms with Gasteiger partial charge in [0.25, 0.3) is 0 Å². The van der Waals surface area contributed by atoms with Crippen molar-refractivity contribution in [3.8, 4) is 0 Å². The minimum atomic E-state index is -3.46. The molecule has 4 heteroatoms. The van der Waals surface area contributed by atoms with Gasteiger partial charge in [0.15, 0.2) is 0 Å². The Morgan fingerprint density at radius 2 is 1.04 bits per heavy atom. The molecule has 116 valence electrons. The number of alkyl halides is 1. The summed E-state index contributed by atoms with van der Waals surface area (Å²) in [4.78, 5) is 0.656. The van der Waals surface area contributed by atoms with E-state index in [4.69, 9.17) is 0 Å². The third-order valence-electron chi connectivity index (χ3n) is 3.63. The molecule has 3 aromatic carbocycles. The van der Waals surface area contributed by atoms with Gasteiger partial charge in [-0.05, 0) is 35.4 Å². The normalized spacial score (nSPS) is 12.7. The minimum Gasteiger partial charge on any atom is -0.219 e. The number of hydrogen-bond donors (Lipinski definition) is 0. The fraction of sp³-hybridized carbons (Fsp3) is 0.0526. The topological polar surface area (TPSA) is 34.1 Å². The lowest BCUT2D eigenvalue weighted by atomic mass is 10.1. The summed E-state index contributed by atoms with van der Waals surface area (Å²) in [6.07, 6.45) is 0. The number of benzene rings is 3. The summed E-state index contributed by atoms with van der Waals surface area (Å²) < 4.78 is 25.1. The van der Waals surface area contributed by atoms with E-state index in [0.29, 0.717) is 9.79 Å². The molecule has 0 bridgehead atoms. The molecule has 3 rings (SSSR count). The lowest BCUT2D eigenvalue weighted by molar-refractivity contribution is 0.596. The van der Waals surface area contributed by atoms with Crippen molar-refractivity contribution < 1.29 is 8.42 Å². The zero-order valence-electron chi connectivity index (χ0n) is 12.3. The smallest absolute Gasteiger partial charge is 0.206 e. The lowest BCUT2D eigenvalue weighted by Crippen LogP contribution is -2.02. The van der Waals surface area contributed by atoms with Gasteiger partial charge < -0.3 is 0 Å². The molecule has 0 fully saturated rings. The maximum atomic E-state index is 12.6. The van der Waals surface area contributed by atoms with Crippen molar-refractivity contribution >= 4 is 25.8 Å². The largest absolute Gasteiger partial charge is 0.219 e. The monoisotopic (exact) mass is 386 g/mol. The van der Waals surface area contributed by atoms with E-state index in [-0.39, 0.29) is 4.83 Å². The lowest BCUT2D eigenvalue weighted by Gasteiger charge is -2.11. The van der Waals surface area contributed by atoms with E-state index in [1.54, 1.807) is 42.5 Å². The van der Waals surface area contributed by atoms with E-state index in [9.17, 15) is 8.42 Å². The molecule has 0 aromatic heterocycles. The van der Waals surface area contributed by atoms with Gasteiger partial charge in [-0.25, -0.2) is 8.42 Å². The van der Waals surface area contributed by atoms with Crippen molar-refractivity contribution in [2.75, 3.05) is 0 Å². The van der Waals surface area contributed by atoms with E-state index in [2.05, 4.69) is 15.9 Å². The minimum absolute atomic E-state index is 0.0391. The Hall–Kier alpha value is -1.91. The molecule has 23 heavy (non-hydrogen) atoms. The number of hydrogen-bond acceptors (Lipinski definition) is 2. The predicted octanol–water partition coefficient (Wildman–Crippen LogP) is 5.00. The van der Waals surface area contributed by atoms with Crippen LogP contribution in [-0.4, -0.2) is 8.42 Å². The quantitative estimate of drug-likeness (QED) is 0.590. The summed E-state index contributed by atoms with van der Waals surface area (Å²) in [6, 6.07) is 25.5. The van der Waals surface area contributed by atoms with Crippen LogP contribution in [0.5, 0.6) is 0 Å². The first kappa shape index (κ1) is 16.0.